The van der Waals surface area contributed by atoms with E-state index in [1.807, 2.05) is 30.3 Å². The van der Waals surface area contributed by atoms with Crippen LogP contribution in [0.4, 0.5) is 0 Å². The average molecular weight is 279 g/mol. The molecule has 1 heterocycles. The van der Waals surface area contributed by atoms with Crippen molar-refractivity contribution >= 4 is 13.5 Å². The molecule has 1 saturated carbocycles. The second kappa shape index (κ2) is 4.66. The van der Waals surface area contributed by atoms with Crippen molar-refractivity contribution < 1.29 is 9.09 Å². The summed E-state index contributed by atoms with van der Waals surface area (Å²) in [5.41, 5.74) is 6.70. The average Bonchev–Trinajstić information content (AvgIpc) is 3.24. The van der Waals surface area contributed by atoms with Gasteiger partial charge in [-0.3, -0.25) is 14.2 Å². The van der Waals surface area contributed by atoms with Crippen LogP contribution >= 0.6 is 7.52 Å². The maximum atomic E-state index is 13.3. The minimum atomic E-state index is -3.01. The van der Waals surface area contributed by atoms with Crippen LogP contribution in [-0.2, 0) is 9.09 Å². The molecule has 2 unspecified atom stereocenters. The third kappa shape index (κ3) is 2.07. The summed E-state index contributed by atoms with van der Waals surface area (Å²) in [6, 6.07) is 10.00. The molecular weight excluding hydrogens is 261 g/mol. The van der Waals surface area contributed by atoms with Crippen LogP contribution in [0.3, 0.4) is 0 Å². The summed E-state index contributed by atoms with van der Waals surface area (Å²) in [4.78, 5) is 4.34. The Morgan fingerprint density at radius 3 is 2.63 bits per heavy atom. The number of benzene rings is 1. The highest BCUT2D eigenvalue weighted by atomic mass is 31.2. The van der Waals surface area contributed by atoms with E-state index >= 15 is 0 Å². The molecule has 102 valence electrons. The Balaban J connectivity index is 2.03. The molecular formula is C13H18N3O2P. The van der Waals surface area contributed by atoms with Gasteiger partial charge in [-0.1, -0.05) is 30.3 Å². The summed E-state index contributed by atoms with van der Waals surface area (Å²) in [6.45, 7) is 0.421. The number of guanidine groups is 1. The summed E-state index contributed by atoms with van der Waals surface area (Å²) in [5.74, 6) is 0.361. The van der Waals surface area contributed by atoms with Crippen molar-refractivity contribution in [2.24, 2.45) is 10.7 Å². The van der Waals surface area contributed by atoms with Crippen LogP contribution < -0.4 is 5.73 Å². The summed E-state index contributed by atoms with van der Waals surface area (Å²) >= 11 is 0. The van der Waals surface area contributed by atoms with Gasteiger partial charge in [-0.15, -0.1) is 0 Å². The van der Waals surface area contributed by atoms with E-state index in [4.69, 9.17) is 10.3 Å². The Labute approximate surface area is 113 Å². The Kier molecular flexibility index (Phi) is 3.11. The van der Waals surface area contributed by atoms with Gasteiger partial charge < -0.3 is 10.3 Å². The van der Waals surface area contributed by atoms with E-state index in [-0.39, 0.29) is 11.7 Å². The van der Waals surface area contributed by atoms with Crippen LogP contribution in [0.2, 0.25) is 0 Å². The minimum absolute atomic E-state index is 0.223. The van der Waals surface area contributed by atoms with Gasteiger partial charge in [0.25, 0.3) is 0 Å². The maximum Gasteiger partial charge on any atom is 0.307 e. The topological polar surface area (TPSA) is 67.9 Å². The Morgan fingerprint density at radius 1 is 1.37 bits per heavy atom. The molecule has 2 N–H and O–H groups in total. The third-order valence-corrected chi connectivity index (χ3v) is 6.60. The molecule has 0 radical (unpaired) electrons. The molecule has 1 fully saturated rings. The summed E-state index contributed by atoms with van der Waals surface area (Å²) < 4.78 is 20.5. The molecule has 0 amide bonds. The quantitative estimate of drug-likeness (QED) is 0.862. The SMILES string of the molecule is COP1(=O)C(c2ccccc2)CN=C(N)N1C1CC1. The fraction of sp³-hybridized carbons (Fsp3) is 0.462. The zero-order valence-corrected chi connectivity index (χ0v) is 11.8. The number of nitrogens with zero attached hydrogens (tertiary/aromatic N) is 2. The molecule has 2 atom stereocenters. The molecule has 6 heteroatoms. The number of aliphatic imine (C=N–C) groups is 1. The molecule has 1 aliphatic carbocycles. The van der Waals surface area contributed by atoms with Gasteiger partial charge in [-0.05, 0) is 18.4 Å². The minimum Gasteiger partial charge on any atom is -0.369 e. The largest absolute Gasteiger partial charge is 0.369 e. The third-order valence-electron chi connectivity index (χ3n) is 3.69. The molecule has 0 aromatic heterocycles. The molecule has 1 aromatic rings. The summed E-state index contributed by atoms with van der Waals surface area (Å²) in [7, 11) is -1.50. The summed E-state index contributed by atoms with van der Waals surface area (Å²) in [5, 5.41) is 0. The van der Waals surface area contributed by atoms with E-state index in [0.717, 1.165) is 18.4 Å². The van der Waals surface area contributed by atoms with Crippen molar-refractivity contribution in [1.82, 2.24) is 4.67 Å². The van der Waals surface area contributed by atoms with E-state index < -0.39 is 7.52 Å². The first kappa shape index (κ1) is 12.7. The predicted molar refractivity (Wildman–Crippen MR) is 75.1 cm³/mol. The Hall–Kier alpha value is -1.32. The lowest BCUT2D eigenvalue weighted by Crippen LogP contribution is -2.41. The van der Waals surface area contributed by atoms with Gasteiger partial charge in [0, 0.05) is 13.2 Å². The van der Waals surface area contributed by atoms with Gasteiger partial charge in [0.05, 0.1) is 12.2 Å². The summed E-state index contributed by atoms with van der Waals surface area (Å²) in [6.07, 6.45) is 2.01. The van der Waals surface area contributed by atoms with Crippen LogP contribution in [-0.4, -0.2) is 30.3 Å². The van der Waals surface area contributed by atoms with Crippen molar-refractivity contribution in [3.05, 3.63) is 35.9 Å². The molecule has 1 aromatic carbocycles. The number of hydrogen-bond acceptors (Lipinski definition) is 4. The van der Waals surface area contributed by atoms with Gasteiger partial charge in [0.1, 0.15) is 0 Å². The van der Waals surface area contributed by atoms with Gasteiger partial charge in [-0.2, -0.15) is 0 Å². The zero-order valence-electron chi connectivity index (χ0n) is 10.9. The van der Waals surface area contributed by atoms with Gasteiger partial charge in [0.2, 0.25) is 0 Å². The van der Waals surface area contributed by atoms with Crippen molar-refractivity contribution in [2.45, 2.75) is 24.5 Å². The van der Waals surface area contributed by atoms with E-state index in [0.29, 0.717) is 12.5 Å². The lowest BCUT2D eigenvalue weighted by molar-refractivity contribution is 0.330. The normalized spacial score (nSPS) is 31.1. The smallest absolute Gasteiger partial charge is 0.307 e. The molecule has 19 heavy (non-hydrogen) atoms. The van der Waals surface area contributed by atoms with Crippen molar-refractivity contribution in [3.8, 4) is 0 Å². The van der Waals surface area contributed by atoms with Crippen LogP contribution in [0.1, 0.15) is 24.1 Å². The first-order valence-electron chi connectivity index (χ1n) is 6.47. The van der Waals surface area contributed by atoms with Gasteiger partial charge in [0.15, 0.2) is 5.96 Å². The molecule has 3 rings (SSSR count). The molecule has 5 nitrogen and oxygen atoms in total. The molecule has 2 aliphatic rings. The zero-order chi connectivity index (χ0) is 13.5. The lowest BCUT2D eigenvalue weighted by Gasteiger charge is -2.39. The highest BCUT2D eigenvalue weighted by Crippen LogP contribution is 2.66. The standard InChI is InChI=1S/C13H18N3O2P/c1-18-19(17)12(10-5-3-2-4-6-10)9-15-13(14)16(19)11-7-8-11/h2-6,11-12H,7-9H2,1H3,(H2,14,15). The Bertz CT molecular complexity index is 542. The number of nitrogens with two attached hydrogens (primary N) is 1. The highest BCUT2D eigenvalue weighted by Gasteiger charge is 2.50. The van der Waals surface area contributed by atoms with Gasteiger partial charge in [-0.25, -0.2) is 0 Å². The molecule has 0 spiro atoms. The first-order valence-corrected chi connectivity index (χ1v) is 8.11. The van der Waals surface area contributed by atoms with Gasteiger partial charge >= 0.3 is 7.52 Å². The number of rotatable bonds is 3. The maximum absolute atomic E-state index is 13.3. The van der Waals surface area contributed by atoms with Crippen molar-refractivity contribution in [2.75, 3.05) is 13.7 Å². The van der Waals surface area contributed by atoms with E-state index in [9.17, 15) is 4.57 Å². The van der Waals surface area contributed by atoms with Crippen LogP contribution in [0.15, 0.2) is 35.3 Å². The van der Waals surface area contributed by atoms with E-state index in [1.165, 1.54) is 7.11 Å². The van der Waals surface area contributed by atoms with E-state index in [2.05, 4.69) is 4.99 Å². The van der Waals surface area contributed by atoms with Crippen LogP contribution in [0, 0.1) is 0 Å². The highest BCUT2D eigenvalue weighted by molar-refractivity contribution is 7.57. The second-order valence-corrected chi connectivity index (χ2v) is 7.50. The fourth-order valence-corrected chi connectivity index (χ4v) is 5.17. The second-order valence-electron chi connectivity index (χ2n) is 4.95. The number of hydrogen-bond donors (Lipinski definition) is 1. The molecule has 1 aliphatic heterocycles. The van der Waals surface area contributed by atoms with Crippen molar-refractivity contribution in [3.63, 3.8) is 0 Å². The predicted octanol–water partition coefficient (Wildman–Crippen LogP) is 2.36. The van der Waals surface area contributed by atoms with Crippen LogP contribution in [0.25, 0.3) is 0 Å². The Morgan fingerprint density at radius 2 is 2.05 bits per heavy atom. The fourth-order valence-electron chi connectivity index (χ4n) is 2.57. The first-order chi connectivity index (χ1) is 9.16. The monoisotopic (exact) mass is 279 g/mol. The molecule has 0 bridgehead atoms. The van der Waals surface area contributed by atoms with Crippen LogP contribution in [0.5, 0.6) is 0 Å². The molecule has 0 saturated heterocycles. The van der Waals surface area contributed by atoms with E-state index in [1.54, 1.807) is 4.67 Å². The lowest BCUT2D eigenvalue weighted by atomic mass is 10.1. The van der Waals surface area contributed by atoms with Crippen molar-refractivity contribution in [1.29, 1.82) is 0 Å².